The van der Waals surface area contributed by atoms with E-state index in [9.17, 15) is 4.79 Å². The van der Waals surface area contributed by atoms with Crippen molar-refractivity contribution in [1.82, 2.24) is 0 Å². The van der Waals surface area contributed by atoms with E-state index in [1.807, 2.05) is 6.92 Å². The van der Waals surface area contributed by atoms with Gasteiger partial charge in [0.2, 0.25) is 0 Å². The van der Waals surface area contributed by atoms with Gasteiger partial charge in [-0.05, 0) is 6.42 Å². The molecule has 0 aliphatic carbocycles. The van der Waals surface area contributed by atoms with Crippen LogP contribution in [0.1, 0.15) is 19.8 Å². The van der Waals surface area contributed by atoms with Gasteiger partial charge in [-0.2, -0.15) is 5.90 Å². The topological polar surface area (TPSA) is 78.3 Å². The Balaban J connectivity index is 3.45. The van der Waals surface area contributed by atoms with Crippen molar-refractivity contribution in [1.29, 1.82) is 0 Å². The van der Waals surface area contributed by atoms with Crippen LogP contribution < -0.4 is 11.6 Å². The molecule has 0 aliphatic heterocycles. The van der Waals surface area contributed by atoms with Crippen LogP contribution in [0.5, 0.6) is 0 Å². The van der Waals surface area contributed by atoms with Gasteiger partial charge in [0.25, 0.3) is 0 Å². The number of nitrogens with two attached hydrogens (primary N) is 2. The van der Waals surface area contributed by atoms with Gasteiger partial charge in [-0.1, -0.05) is 13.3 Å². The van der Waals surface area contributed by atoms with E-state index in [-0.39, 0.29) is 0 Å². The predicted octanol–water partition coefficient (Wildman–Crippen LogP) is -0.469. The van der Waals surface area contributed by atoms with Crippen molar-refractivity contribution in [2.75, 3.05) is 0 Å². The molecule has 4 nitrogen and oxygen atoms in total. The van der Waals surface area contributed by atoms with Gasteiger partial charge < -0.3 is 10.6 Å². The zero-order valence-corrected chi connectivity index (χ0v) is 5.46. The van der Waals surface area contributed by atoms with Crippen molar-refractivity contribution in [2.24, 2.45) is 11.6 Å². The molecule has 0 saturated heterocycles. The molecule has 0 rings (SSSR count). The molecule has 4 N–H and O–H groups in total. The Bertz CT molecular complexity index is 95.0. The fraction of sp³-hybridized carbons (Fsp3) is 0.800. The van der Waals surface area contributed by atoms with E-state index in [4.69, 9.17) is 5.73 Å². The highest BCUT2D eigenvalue weighted by atomic mass is 16.7. The predicted molar refractivity (Wildman–Crippen MR) is 33.2 cm³/mol. The van der Waals surface area contributed by atoms with Crippen LogP contribution in [-0.2, 0) is 9.63 Å². The molecule has 0 radical (unpaired) electrons. The van der Waals surface area contributed by atoms with Crippen molar-refractivity contribution in [3.63, 3.8) is 0 Å². The molecule has 0 fully saturated rings. The van der Waals surface area contributed by atoms with Crippen LogP contribution in [0.15, 0.2) is 0 Å². The van der Waals surface area contributed by atoms with Crippen molar-refractivity contribution in [3.05, 3.63) is 0 Å². The van der Waals surface area contributed by atoms with Crippen LogP contribution >= 0.6 is 0 Å². The Morgan fingerprint density at radius 1 is 1.78 bits per heavy atom. The van der Waals surface area contributed by atoms with E-state index in [1.54, 1.807) is 0 Å². The lowest BCUT2D eigenvalue weighted by Crippen LogP contribution is -2.33. The quantitative estimate of drug-likeness (QED) is 0.509. The first-order valence-corrected chi connectivity index (χ1v) is 2.88. The average molecular weight is 132 g/mol. The molecular formula is C5H12N2O2. The van der Waals surface area contributed by atoms with E-state index in [1.165, 1.54) is 0 Å². The minimum Gasteiger partial charge on any atom is -0.372 e. The number of rotatable bonds is 3. The van der Waals surface area contributed by atoms with Gasteiger partial charge in [0, 0.05) is 0 Å². The summed E-state index contributed by atoms with van der Waals surface area (Å²) >= 11 is 0. The maximum absolute atomic E-state index is 10.4. The van der Waals surface area contributed by atoms with Gasteiger partial charge >= 0.3 is 5.97 Å². The molecule has 0 amide bonds. The van der Waals surface area contributed by atoms with Gasteiger partial charge in [-0.3, -0.25) is 0 Å². The highest BCUT2D eigenvalue weighted by molar-refractivity contribution is 5.74. The zero-order valence-electron chi connectivity index (χ0n) is 5.46. The SMILES string of the molecule is CCCC(N)C(=O)ON. The van der Waals surface area contributed by atoms with Gasteiger partial charge in [0.1, 0.15) is 6.04 Å². The van der Waals surface area contributed by atoms with Crippen LogP contribution in [0.3, 0.4) is 0 Å². The Labute approximate surface area is 54.1 Å². The van der Waals surface area contributed by atoms with E-state index < -0.39 is 12.0 Å². The summed E-state index contributed by atoms with van der Waals surface area (Å²) in [5, 5.41) is 0. The summed E-state index contributed by atoms with van der Waals surface area (Å²) in [5.74, 6) is 4.03. The second-order valence-corrected chi connectivity index (χ2v) is 1.83. The van der Waals surface area contributed by atoms with E-state index in [2.05, 4.69) is 10.7 Å². The summed E-state index contributed by atoms with van der Waals surface area (Å²) in [4.78, 5) is 14.3. The molecule has 54 valence electrons. The zero-order chi connectivity index (χ0) is 7.28. The third-order valence-electron chi connectivity index (χ3n) is 1.02. The van der Waals surface area contributed by atoms with Crippen molar-refractivity contribution in [3.8, 4) is 0 Å². The monoisotopic (exact) mass is 132 g/mol. The van der Waals surface area contributed by atoms with Gasteiger partial charge in [-0.25, -0.2) is 4.79 Å². The van der Waals surface area contributed by atoms with Crippen LogP contribution in [0.25, 0.3) is 0 Å². The minimum atomic E-state index is -0.556. The maximum atomic E-state index is 10.4. The highest BCUT2D eigenvalue weighted by Crippen LogP contribution is 1.93. The number of carbonyl (C=O) groups excluding carboxylic acids is 1. The summed E-state index contributed by atoms with van der Waals surface area (Å²) in [6.07, 6.45) is 1.48. The first kappa shape index (κ1) is 8.39. The molecule has 1 unspecified atom stereocenters. The third-order valence-corrected chi connectivity index (χ3v) is 1.02. The molecule has 0 saturated carbocycles. The number of hydrogen-bond donors (Lipinski definition) is 2. The summed E-state index contributed by atoms with van der Waals surface area (Å²) in [6.45, 7) is 1.93. The first-order chi connectivity index (χ1) is 4.22. The Morgan fingerprint density at radius 2 is 2.33 bits per heavy atom. The largest absolute Gasteiger partial charge is 0.372 e. The average Bonchev–Trinajstić information content (AvgIpc) is 1.87. The molecule has 0 aliphatic rings. The molecule has 0 bridgehead atoms. The van der Waals surface area contributed by atoms with Gasteiger partial charge in [-0.15, -0.1) is 0 Å². The first-order valence-electron chi connectivity index (χ1n) is 2.88. The second kappa shape index (κ2) is 4.29. The lowest BCUT2D eigenvalue weighted by atomic mass is 10.2. The van der Waals surface area contributed by atoms with Crippen molar-refractivity contribution >= 4 is 5.97 Å². The standard InChI is InChI=1S/C5H12N2O2/c1-2-3-4(6)5(8)9-7/h4H,2-3,6-7H2,1H3. The summed E-state index contributed by atoms with van der Waals surface area (Å²) in [6, 6.07) is -0.556. The molecule has 0 aromatic heterocycles. The molecule has 1 atom stereocenters. The Kier molecular flexibility index (Phi) is 4.00. The van der Waals surface area contributed by atoms with E-state index in [0.717, 1.165) is 6.42 Å². The molecule has 4 heteroatoms. The Hall–Kier alpha value is -0.610. The second-order valence-electron chi connectivity index (χ2n) is 1.83. The van der Waals surface area contributed by atoms with Crippen molar-refractivity contribution < 1.29 is 9.63 Å². The molecule has 0 aromatic carbocycles. The number of hydrogen-bond acceptors (Lipinski definition) is 4. The lowest BCUT2D eigenvalue weighted by molar-refractivity contribution is -0.145. The van der Waals surface area contributed by atoms with Crippen LogP contribution in [0.4, 0.5) is 0 Å². The lowest BCUT2D eigenvalue weighted by Gasteiger charge is -2.04. The van der Waals surface area contributed by atoms with Crippen LogP contribution in [-0.4, -0.2) is 12.0 Å². The van der Waals surface area contributed by atoms with E-state index in [0.29, 0.717) is 6.42 Å². The summed E-state index contributed by atoms with van der Waals surface area (Å²) in [7, 11) is 0. The normalized spacial score (nSPS) is 12.8. The van der Waals surface area contributed by atoms with Gasteiger partial charge in [0.15, 0.2) is 0 Å². The summed E-state index contributed by atoms with van der Waals surface area (Å²) < 4.78 is 0. The molecule has 9 heavy (non-hydrogen) atoms. The molecule has 0 aromatic rings. The van der Waals surface area contributed by atoms with Gasteiger partial charge in [0.05, 0.1) is 0 Å². The summed E-state index contributed by atoms with van der Waals surface area (Å²) in [5.41, 5.74) is 5.28. The van der Waals surface area contributed by atoms with Crippen molar-refractivity contribution in [2.45, 2.75) is 25.8 Å². The molecular weight excluding hydrogens is 120 g/mol. The highest BCUT2D eigenvalue weighted by Gasteiger charge is 2.11. The fourth-order valence-corrected chi connectivity index (χ4v) is 0.516. The van der Waals surface area contributed by atoms with Crippen LogP contribution in [0, 0.1) is 0 Å². The smallest absolute Gasteiger partial charge is 0.341 e. The Morgan fingerprint density at radius 3 is 2.67 bits per heavy atom. The molecule has 0 spiro atoms. The molecule has 0 heterocycles. The number of carbonyl (C=O) groups is 1. The minimum absolute atomic E-state index is 0.545. The third kappa shape index (κ3) is 3.05. The van der Waals surface area contributed by atoms with Crippen LogP contribution in [0.2, 0.25) is 0 Å². The fourth-order valence-electron chi connectivity index (χ4n) is 0.516. The maximum Gasteiger partial charge on any atom is 0.341 e. The van der Waals surface area contributed by atoms with E-state index >= 15 is 0 Å².